The number of amides is 1. The minimum absolute atomic E-state index is 0.147. The average molecular weight is 368 g/mol. The summed E-state index contributed by atoms with van der Waals surface area (Å²) in [7, 11) is 1.59. The number of nitrogens with one attached hydrogen (secondary N) is 2. The van der Waals surface area contributed by atoms with E-state index < -0.39 is 9.96 Å². The van der Waals surface area contributed by atoms with Gasteiger partial charge in [0.05, 0.1) is 7.11 Å². The van der Waals surface area contributed by atoms with Crippen molar-refractivity contribution < 1.29 is 9.53 Å². The van der Waals surface area contributed by atoms with Crippen molar-refractivity contribution in [2.75, 3.05) is 12.4 Å². The molecule has 0 aliphatic rings. The van der Waals surface area contributed by atoms with Crippen LogP contribution in [0.4, 0.5) is 5.69 Å². The van der Waals surface area contributed by atoms with Crippen molar-refractivity contribution in [3.63, 3.8) is 0 Å². The predicted molar refractivity (Wildman–Crippen MR) is 93.0 cm³/mol. The van der Waals surface area contributed by atoms with Gasteiger partial charge in [0.1, 0.15) is 11.9 Å². The number of methoxy groups -OCH3 is 1. The quantitative estimate of drug-likeness (QED) is 0.404. The number of unbranched alkanes of at least 4 members (excludes halogenated alkanes) is 2. The first-order valence-corrected chi connectivity index (χ1v) is 8.27. The molecule has 0 aliphatic heterocycles. The van der Waals surface area contributed by atoms with E-state index in [9.17, 15) is 4.79 Å². The molecular formula is C15H21Cl3N2O2. The molecule has 0 aliphatic carbocycles. The van der Waals surface area contributed by atoms with E-state index in [4.69, 9.17) is 39.5 Å². The van der Waals surface area contributed by atoms with Crippen molar-refractivity contribution in [3.8, 4) is 5.75 Å². The number of ether oxygens (including phenoxy) is 1. The highest BCUT2D eigenvalue weighted by Gasteiger charge is 2.33. The van der Waals surface area contributed by atoms with Crippen molar-refractivity contribution in [1.29, 1.82) is 0 Å². The summed E-state index contributed by atoms with van der Waals surface area (Å²) in [6, 6.07) is 7.12. The minimum Gasteiger partial charge on any atom is -0.497 e. The molecule has 1 rings (SSSR count). The van der Waals surface area contributed by atoms with Gasteiger partial charge in [0.25, 0.3) is 0 Å². The van der Waals surface area contributed by atoms with E-state index in [2.05, 4.69) is 17.6 Å². The third-order valence-electron chi connectivity index (χ3n) is 3.04. The number of carbonyl (C=O) groups excluding carboxylic acids is 1. The van der Waals surface area contributed by atoms with Gasteiger partial charge >= 0.3 is 0 Å². The van der Waals surface area contributed by atoms with Crippen LogP contribution >= 0.6 is 34.8 Å². The lowest BCUT2D eigenvalue weighted by Crippen LogP contribution is -2.49. The van der Waals surface area contributed by atoms with Gasteiger partial charge in [-0.15, -0.1) is 0 Å². The van der Waals surface area contributed by atoms with Crippen molar-refractivity contribution >= 4 is 46.4 Å². The molecule has 0 unspecified atom stereocenters. The lowest BCUT2D eigenvalue weighted by molar-refractivity contribution is -0.121. The van der Waals surface area contributed by atoms with Gasteiger partial charge in [0, 0.05) is 12.1 Å². The van der Waals surface area contributed by atoms with Crippen molar-refractivity contribution in [1.82, 2.24) is 5.32 Å². The van der Waals surface area contributed by atoms with Crippen molar-refractivity contribution in [2.45, 2.75) is 42.6 Å². The molecule has 0 radical (unpaired) electrons. The molecular weight excluding hydrogens is 347 g/mol. The van der Waals surface area contributed by atoms with E-state index >= 15 is 0 Å². The van der Waals surface area contributed by atoms with Crippen LogP contribution in [-0.2, 0) is 4.79 Å². The van der Waals surface area contributed by atoms with Crippen molar-refractivity contribution in [3.05, 3.63) is 24.3 Å². The molecule has 0 saturated carbocycles. The molecule has 1 amide bonds. The lowest BCUT2D eigenvalue weighted by atomic mass is 10.2. The number of hydrogen-bond acceptors (Lipinski definition) is 3. The number of anilines is 1. The normalized spacial score (nSPS) is 12.6. The molecule has 4 nitrogen and oxygen atoms in total. The molecule has 0 aromatic heterocycles. The van der Waals surface area contributed by atoms with Crippen LogP contribution in [0, 0.1) is 0 Å². The van der Waals surface area contributed by atoms with E-state index in [-0.39, 0.29) is 5.91 Å². The summed E-state index contributed by atoms with van der Waals surface area (Å²) in [5.74, 6) is 0.574. The predicted octanol–water partition coefficient (Wildman–Crippen LogP) is 4.50. The topological polar surface area (TPSA) is 50.4 Å². The molecule has 1 aromatic rings. The molecule has 2 N–H and O–H groups in total. The van der Waals surface area contributed by atoms with Crippen LogP contribution in [-0.4, -0.2) is 23.0 Å². The molecule has 0 saturated heterocycles. The maximum Gasteiger partial charge on any atom is 0.228 e. The Kier molecular flexibility index (Phi) is 8.15. The first-order valence-electron chi connectivity index (χ1n) is 7.13. The SMILES string of the molecule is CCCCCC(=O)N[C@@H](Nc1ccc(OC)cc1)C(Cl)(Cl)Cl. The zero-order valence-corrected chi connectivity index (χ0v) is 14.9. The van der Waals surface area contributed by atoms with Gasteiger partial charge in [-0.1, -0.05) is 54.6 Å². The zero-order chi connectivity index (χ0) is 16.6. The Morgan fingerprint density at radius 3 is 2.36 bits per heavy atom. The van der Waals surface area contributed by atoms with E-state index in [1.807, 2.05) is 0 Å². The van der Waals surface area contributed by atoms with Crippen LogP contribution in [0.5, 0.6) is 5.75 Å². The Balaban J connectivity index is 2.66. The second kappa shape index (κ2) is 9.33. The fraction of sp³-hybridized carbons (Fsp3) is 0.533. The molecule has 0 spiro atoms. The molecule has 7 heteroatoms. The Morgan fingerprint density at radius 1 is 1.23 bits per heavy atom. The number of hydrogen-bond donors (Lipinski definition) is 2. The molecule has 0 fully saturated rings. The smallest absolute Gasteiger partial charge is 0.228 e. The maximum absolute atomic E-state index is 11.9. The van der Waals surface area contributed by atoms with Gasteiger partial charge in [-0.3, -0.25) is 4.79 Å². The summed E-state index contributed by atoms with van der Waals surface area (Å²) in [5.41, 5.74) is 0.714. The summed E-state index contributed by atoms with van der Waals surface area (Å²) in [6.07, 6.45) is 2.45. The minimum atomic E-state index is -1.67. The van der Waals surface area contributed by atoms with Crippen LogP contribution in [0.3, 0.4) is 0 Å². The highest BCUT2D eigenvalue weighted by atomic mass is 35.6. The third-order valence-corrected chi connectivity index (χ3v) is 3.70. The summed E-state index contributed by atoms with van der Waals surface area (Å²) in [4.78, 5) is 11.9. The Bertz CT molecular complexity index is 461. The van der Waals surface area contributed by atoms with Gasteiger partial charge in [-0.05, 0) is 30.7 Å². The first kappa shape index (κ1) is 19.2. The fourth-order valence-electron chi connectivity index (χ4n) is 1.82. The second-order valence-corrected chi connectivity index (χ2v) is 7.24. The number of benzene rings is 1. The average Bonchev–Trinajstić information content (AvgIpc) is 2.46. The summed E-state index contributed by atoms with van der Waals surface area (Å²) in [5, 5.41) is 5.72. The van der Waals surface area contributed by atoms with Crippen molar-refractivity contribution in [2.24, 2.45) is 0 Å². The standard InChI is InChI=1S/C15H21Cl3N2O2/c1-3-4-5-6-13(21)20-14(15(16,17)18)19-11-7-9-12(22-2)10-8-11/h7-10,14,19H,3-6H2,1-2H3,(H,20,21)/t14-/m1/s1. The number of rotatable bonds is 8. The Hall–Kier alpha value is -0.840. The van der Waals surface area contributed by atoms with Gasteiger partial charge in [-0.2, -0.15) is 0 Å². The first-order chi connectivity index (χ1) is 10.4. The summed E-state index contributed by atoms with van der Waals surface area (Å²) in [6.45, 7) is 2.08. The molecule has 0 heterocycles. The molecule has 1 atom stereocenters. The highest BCUT2D eigenvalue weighted by molar-refractivity contribution is 6.68. The highest BCUT2D eigenvalue weighted by Crippen LogP contribution is 2.31. The maximum atomic E-state index is 11.9. The second-order valence-electron chi connectivity index (χ2n) is 4.87. The van der Waals surface area contributed by atoms with E-state index in [1.54, 1.807) is 31.4 Å². The van der Waals surface area contributed by atoms with Crippen LogP contribution < -0.4 is 15.4 Å². The zero-order valence-electron chi connectivity index (χ0n) is 12.7. The van der Waals surface area contributed by atoms with E-state index in [1.165, 1.54) is 0 Å². The summed E-state index contributed by atoms with van der Waals surface area (Å²) >= 11 is 17.8. The Labute approximate surface area is 146 Å². The molecule has 124 valence electrons. The number of carbonyl (C=O) groups is 1. The largest absolute Gasteiger partial charge is 0.497 e. The number of alkyl halides is 3. The molecule has 22 heavy (non-hydrogen) atoms. The molecule has 1 aromatic carbocycles. The van der Waals surface area contributed by atoms with Crippen LogP contribution in [0.15, 0.2) is 24.3 Å². The summed E-state index contributed by atoms with van der Waals surface area (Å²) < 4.78 is 3.42. The van der Waals surface area contributed by atoms with Gasteiger partial charge in [0.15, 0.2) is 0 Å². The van der Waals surface area contributed by atoms with Gasteiger partial charge in [-0.25, -0.2) is 0 Å². The van der Waals surface area contributed by atoms with Crippen LogP contribution in [0.2, 0.25) is 0 Å². The number of halogens is 3. The van der Waals surface area contributed by atoms with Gasteiger partial charge in [0.2, 0.25) is 9.70 Å². The van der Waals surface area contributed by atoms with E-state index in [0.29, 0.717) is 12.1 Å². The van der Waals surface area contributed by atoms with E-state index in [0.717, 1.165) is 25.0 Å². The van der Waals surface area contributed by atoms with Crippen LogP contribution in [0.1, 0.15) is 32.6 Å². The monoisotopic (exact) mass is 366 g/mol. The fourth-order valence-corrected chi connectivity index (χ4v) is 2.15. The lowest BCUT2D eigenvalue weighted by Gasteiger charge is -2.27. The van der Waals surface area contributed by atoms with Gasteiger partial charge < -0.3 is 15.4 Å². The molecule has 0 bridgehead atoms. The van der Waals surface area contributed by atoms with Crippen LogP contribution in [0.25, 0.3) is 0 Å². The Morgan fingerprint density at radius 2 is 1.86 bits per heavy atom. The third kappa shape index (κ3) is 6.95.